The zero-order valence-electron chi connectivity index (χ0n) is 11.3. The van der Waals surface area contributed by atoms with Gasteiger partial charge in [0.25, 0.3) is 0 Å². The van der Waals surface area contributed by atoms with Crippen molar-refractivity contribution in [2.45, 2.75) is 32.1 Å². The maximum Gasteiger partial charge on any atom is 0.234 e. The molecule has 21 heavy (non-hydrogen) atoms. The molecule has 4 nitrogen and oxygen atoms in total. The van der Waals surface area contributed by atoms with Gasteiger partial charge >= 0.3 is 0 Å². The van der Waals surface area contributed by atoms with Crippen LogP contribution < -0.4 is 0 Å². The van der Waals surface area contributed by atoms with E-state index in [4.69, 9.17) is 16.1 Å². The van der Waals surface area contributed by atoms with Crippen molar-refractivity contribution in [3.05, 3.63) is 33.6 Å². The van der Waals surface area contributed by atoms with E-state index in [2.05, 4.69) is 26.1 Å². The third-order valence-corrected chi connectivity index (χ3v) is 5.00. The third-order valence-electron chi connectivity index (χ3n) is 3.78. The molecule has 0 radical (unpaired) electrons. The van der Waals surface area contributed by atoms with E-state index >= 15 is 0 Å². The first-order chi connectivity index (χ1) is 10.1. The highest BCUT2D eigenvalue weighted by Gasteiger charge is 2.24. The second-order valence-electron chi connectivity index (χ2n) is 5.27. The fourth-order valence-corrected chi connectivity index (χ4v) is 3.12. The molecule has 1 saturated carbocycles. The standard InChI is InChI=1S/C15H14BrClN2O2/c16-11-7-10(5-6-12(11)17)15-18-14(21-19-15)8-13(20)9-3-1-2-4-9/h5-7,9H,1-4,8H2. The third kappa shape index (κ3) is 3.35. The number of aromatic nitrogens is 2. The number of halogens is 2. The highest BCUT2D eigenvalue weighted by molar-refractivity contribution is 9.10. The summed E-state index contributed by atoms with van der Waals surface area (Å²) in [5, 5.41) is 4.56. The number of hydrogen-bond acceptors (Lipinski definition) is 4. The van der Waals surface area contributed by atoms with Gasteiger partial charge < -0.3 is 4.52 Å². The van der Waals surface area contributed by atoms with E-state index in [1.54, 1.807) is 6.07 Å². The van der Waals surface area contributed by atoms with Crippen LogP contribution in [0.1, 0.15) is 31.6 Å². The summed E-state index contributed by atoms with van der Waals surface area (Å²) in [6.07, 6.45) is 4.49. The Morgan fingerprint density at radius 2 is 2.14 bits per heavy atom. The minimum Gasteiger partial charge on any atom is -0.339 e. The summed E-state index contributed by atoms with van der Waals surface area (Å²) in [6.45, 7) is 0. The molecule has 0 N–H and O–H groups in total. The fraction of sp³-hybridized carbons (Fsp3) is 0.400. The van der Waals surface area contributed by atoms with Crippen LogP contribution in [-0.2, 0) is 11.2 Å². The van der Waals surface area contributed by atoms with Gasteiger partial charge in [-0.25, -0.2) is 0 Å². The van der Waals surface area contributed by atoms with E-state index in [-0.39, 0.29) is 18.1 Å². The summed E-state index contributed by atoms with van der Waals surface area (Å²) >= 11 is 9.32. The summed E-state index contributed by atoms with van der Waals surface area (Å²) in [5.74, 6) is 1.24. The Hall–Kier alpha value is -1.20. The SMILES string of the molecule is O=C(Cc1nc(-c2ccc(Cl)c(Br)c2)no1)C1CCCC1. The zero-order chi connectivity index (χ0) is 14.8. The Morgan fingerprint density at radius 3 is 2.86 bits per heavy atom. The van der Waals surface area contributed by atoms with Crippen molar-refractivity contribution in [1.29, 1.82) is 0 Å². The van der Waals surface area contributed by atoms with Gasteiger partial charge in [-0.3, -0.25) is 4.79 Å². The molecule has 0 bridgehead atoms. The number of ketones is 1. The summed E-state index contributed by atoms with van der Waals surface area (Å²) in [7, 11) is 0. The van der Waals surface area contributed by atoms with Crippen molar-refractivity contribution < 1.29 is 9.32 Å². The zero-order valence-corrected chi connectivity index (χ0v) is 13.7. The minimum atomic E-state index is 0.171. The summed E-state index contributed by atoms with van der Waals surface area (Å²) in [5.41, 5.74) is 0.801. The van der Waals surface area contributed by atoms with Gasteiger partial charge in [0.15, 0.2) is 0 Å². The molecule has 0 saturated heterocycles. The quantitative estimate of drug-likeness (QED) is 0.798. The molecule has 1 aliphatic carbocycles. The summed E-state index contributed by atoms with van der Waals surface area (Å²) < 4.78 is 5.96. The molecule has 0 spiro atoms. The molecule has 1 aromatic heterocycles. The van der Waals surface area contributed by atoms with Crippen molar-refractivity contribution in [2.24, 2.45) is 5.92 Å². The average molecular weight is 370 g/mol. The van der Waals surface area contributed by atoms with Gasteiger partial charge in [-0.05, 0) is 47.0 Å². The molecule has 3 rings (SSSR count). The van der Waals surface area contributed by atoms with Crippen LogP contribution >= 0.6 is 27.5 Å². The summed E-state index contributed by atoms with van der Waals surface area (Å²) in [4.78, 5) is 16.4. The van der Waals surface area contributed by atoms with Crippen LogP contribution in [0.15, 0.2) is 27.2 Å². The van der Waals surface area contributed by atoms with Crippen molar-refractivity contribution >= 4 is 33.3 Å². The Bertz CT molecular complexity index is 665. The van der Waals surface area contributed by atoms with Gasteiger partial charge in [0, 0.05) is 16.0 Å². The first kappa shape index (κ1) is 14.7. The molecule has 1 aliphatic rings. The molecule has 110 valence electrons. The maximum atomic E-state index is 12.1. The smallest absolute Gasteiger partial charge is 0.234 e. The molecular weight excluding hydrogens is 356 g/mol. The molecule has 1 aromatic carbocycles. The normalized spacial score (nSPS) is 15.5. The molecule has 0 aliphatic heterocycles. The monoisotopic (exact) mass is 368 g/mol. The lowest BCUT2D eigenvalue weighted by molar-refractivity contribution is -0.122. The Balaban J connectivity index is 1.73. The average Bonchev–Trinajstić information content (AvgIpc) is 3.12. The predicted octanol–water partition coefficient (Wildman–Crippen LogP) is 4.45. The van der Waals surface area contributed by atoms with Gasteiger partial charge in [0.2, 0.25) is 11.7 Å². The van der Waals surface area contributed by atoms with Crippen molar-refractivity contribution in [1.82, 2.24) is 10.1 Å². The highest BCUT2D eigenvalue weighted by Crippen LogP contribution is 2.28. The number of carbonyl (C=O) groups excluding carboxylic acids is 1. The Labute approximate surface area is 136 Å². The lowest BCUT2D eigenvalue weighted by Crippen LogP contribution is -2.13. The molecule has 0 amide bonds. The number of benzene rings is 1. The minimum absolute atomic E-state index is 0.171. The number of Topliss-reactive ketones (excluding diaryl/α,β-unsaturated/α-hetero) is 1. The molecule has 0 unspecified atom stereocenters. The Morgan fingerprint density at radius 1 is 1.38 bits per heavy atom. The van der Waals surface area contributed by atoms with Crippen LogP contribution in [0.5, 0.6) is 0 Å². The number of nitrogens with zero attached hydrogens (tertiary/aromatic N) is 2. The molecule has 6 heteroatoms. The van der Waals surface area contributed by atoms with Gasteiger partial charge in [0.05, 0.1) is 11.4 Å². The van der Waals surface area contributed by atoms with Gasteiger partial charge in [0.1, 0.15) is 5.78 Å². The molecule has 1 fully saturated rings. The first-order valence-corrected chi connectivity index (χ1v) is 8.11. The lowest BCUT2D eigenvalue weighted by atomic mass is 10.0. The second-order valence-corrected chi connectivity index (χ2v) is 6.53. The highest BCUT2D eigenvalue weighted by atomic mass is 79.9. The first-order valence-electron chi connectivity index (χ1n) is 6.94. The van der Waals surface area contributed by atoms with E-state index in [9.17, 15) is 4.79 Å². The van der Waals surface area contributed by atoms with Crippen LogP contribution in [0, 0.1) is 5.92 Å². The van der Waals surface area contributed by atoms with E-state index in [1.165, 1.54) is 0 Å². The predicted molar refractivity (Wildman–Crippen MR) is 83.1 cm³/mol. The number of hydrogen-bond donors (Lipinski definition) is 0. The largest absolute Gasteiger partial charge is 0.339 e. The Kier molecular flexibility index (Phi) is 4.40. The van der Waals surface area contributed by atoms with Crippen LogP contribution in [0.3, 0.4) is 0 Å². The van der Waals surface area contributed by atoms with Crippen LogP contribution in [0.2, 0.25) is 5.02 Å². The molecular formula is C15H14BrClN2O2. The molecule has 2 aromatic rings. The maximum absolute atomic E-state index is 12.1. The fourth-order valence-electron chi connectivity index (χ4n) is 2.62. The van der Waals surface area contributed by atoms with Crippen LogP contribution in [0.25, 0.3) is 11.4 Å². The molecule has 1 heterocycles. The van der Waals surface area contributed by atoms with Crippen LogP contribution in [0.4, 0.5) is 0 Å². The summed E-state index contributed by atoms with van der Waals surface area (Å²) in [6, 6.07) is 5.41. The molecule has 0 atom stereocenters. The second kappa shape index (κ2) is 6.28. The van der Waals surface area contributed by atoms with Gasteiger partial charge in [-0.1, -0.05) is 29.6 Å². The van der Waals surface area contributed by atoms with E-state index in [0.29, 0.717) is 16.7 Å². The number of carbonyl (C=O) groups is 1. The van der Waals surface area contributed by atoms with Crippen LogP contribution in [-0.4, -0.2) is 15.9 Å². The van der Waals surface area contributed by atoms with Crippen molar-refractivity contribution in [3.63, 3.8) is 0 Å². The topological polar surface area (TPSA) is 56.0 Å². The van der Waals surface area contributed by atoms with E-state index < -0.39 is 0 Å². The van der Waals surface area contributed by atoms with Crippen molar-refractivity contribution in [2.75, 3.05) is 0 Å². The van der Waals surface area contributed by atoms with Gasteiger partial charge in [-0.2, -0.15) is 4.98 Å². The van der Waals surface area contributed by atoms with E-state index in [1.807, 2.05) is 12.1 Å². The van der Waals surface area contributed by atoms with Crippen molar-refractivity contribution in [3.8, 4) is 11.4 Å². The van der Waals surface area contributed by atoms with Gasteiger partial charge in [-0.15, -0.1) is 0 Å². The lowest BCUT2D eigenvalue weighted by Gasteiger charge is -2.04. The van der Waals surface area contributed by atoms with E-state index in [0.717, 1.165) is 35.7 Å². The number of rotatable bonds is 4.